The fraction of sp³-hybridized carbons (Fsp3) is 0.292. The van der Waals surface area contributed by atoms with Crippen LogP contribution in [0.2, 0.25) is 0 Å². The summed E-state index contributed by atoms with van der Waals surface area (Å²) in [5.74, 6) is -0.160. The zero-order valence-electron chi connectivity index (χ0n) is 17.5. The molecule has 0 saturated carbocycles. The van der Waals surface area contributed by atoms with Crippen LogP contribution in [0.15, 0.2) is 54.6 Å². The number of nitrogens with two attached hydrogens (primary N) is 1. The Morgan fingerprint density at radius 3 is 2.71 bits per heavy atom. The Kier molecular flexibility index (Phi) is 6.13. The van der Waals surface area contributed by atoms with E-state index in [0.717, 1.165) is 42.3 Å². The smallest absolute Gasteiger partial charge is 0.274 e. The maximum Gasteiger partial charge on any atom is 0.274 e. The Bertz CT molecular complexity index is 1100. The van der Waals surface area contributed by atoms with E-state index in [1.807, 2.05) is 48.5 Å². The molecule has 0 spiro atoms. The molecular weight excluding hydrogens is 392 g/mol. The average Bonchev–Trinajstić information content (AvgIpc) is 2.79. The van der Waals surface area contributed by atoms with Crippen LogP contribution in [0.4, 0.5) is 5.69 Å². The van der Waals surface area contributed by atoms with Crippen molar-refractivity contribution in [3.8, 4) is 5.88 Å². The van der Waals surface area contributed by atoms with E-state index in [9.17, 15) is 9.59 Å². The first-order valence-corrected chi connectivity index (χ1v) is 10.4. The summed E-state index contributed by atoms with van der Waals surface area (Å²) in [6, 6.07) is 17.1. The van der Waals surface area contributed by atoms with Crippen molar-refractivity contribution >= 4 is 28.3 Å². The van der Waals surface area contributed by atoms with Gasteiger partial charge in [-0.15, -0.1) is 0 Å². The van der Waals surface area contributed by atoms with Gasteiger partial charge in [0.25, 0.3) is 5.91 Å². The molecule has 4 rings (SSSR count). The highest BCUT2D eigenvalue weighted by Gasteiger charge is 2.23. The number of nitrogens with one attached hydrogen (secondary N) is 1. The van der Waals surface area contributed by atoms with Gasteiger partial charge in [-0.2, -0.15) is 0 Å². The molecule has 1 saturated heterocycles. The largest absolute Gasteiger partial charge is 0.481 e. The first-order valence-electron chi connectivity index (χ1n) is 10.4. The Balaban J connectivity index is 1.43. The predicted molar refractivity (Wildman–Crippen MR) is 120 cm³/mol. The van der Waals surface area contributed by atoms with Gasteiger partial charge in [0.2, 0.25) is 11.8 Å². The summed E-state index contributed by atoms with van der Waals surface area (Å²) < 4.78 is 5.35. The van der Waals surface area contributed by atoms with Crippen LogP contribution < -0.4 is 15.8 Å². The van der Waals surface area contributed by atoms with Gasteiger partial charge in [-0.3, -0.25) is 14.5 Å². The van der Waals surface area contributed by atoms with Crippen molar-refractivity contribution in [2.24, 2.45) is 11.7 Å². The minimum Gasteiger partial charge on any atom is -0.481 e. The average molecular weight is 418 g/mol. The number of primary amides is 1. The monoisotopic (exact) mass is 418 g/mol. The third kappa shape index (κ3) is 4.83. The van der Waals surface area contributed by atoms with Crippen LogP contribution in [-0.2, 0) is 11.3 Å². The Morgan fingerprint density at radius 1 is 1.19 bits per heavy atom. The number of hydrogen-bond acceptors (Lipinski definition) is 5. The molecular formula is C24H26N4O3. The number of carbonyl (C=O) groups excluding carboxylic acids is 2. The van der Waals surface area contributed by atoms with E-state index < -0.39 is 0 Å². The van der Waals surface area contributed by atoms with Crippen molar-refractivity contribution < 1.29 is 14.3 Å². The SMILES string of the molecule is COc1nc(C(=O)Nc2ccc(CN3CCCC(C(N)=O)C3)cc2)cc2ccccc12. The van der Waals surface area contributed by atoms with Crippen LogP contribution in [0, 0.1) is 5.92 Å². The summed E-state index contributed by atoms with van der Waals surface area (Å²) in [4.78, 5) is 30.8. The number of anilines is 1. The molecule has 2 heterocycles. The number of benzene rings is 2. The number of piperidine rings is 1. The molecule has 2 aromatic carbocycles. The molecule has 1 unspecified atom stereocenters. The summed E-state index contributed by atoms with van der Waals surface area (Å²) in [7, 11) is 1.54. The second-order valence-electron chi connectivity index (χ2n) is 7.87. The Hall–Kier alpha value is -3.45. The lowest BCUT2D eigenvalue weighted by Gasteiger charge is -2.31. The number of ether oxygens (including phenoxy) is 1. The highest BCUT2D eigenvalue weighted by Crippen LogP contribution is 2.25. The highest BCUT2D eigenvalue weighted by atomic mass is 16.5. The van der Waals surface area contributed by atoms with Crippen molar-refractivity contribution in [3.63, 3.8) is 0 Å². The van der Waals surface area contributed by atoms with Crippen molar-refractivity contribution in [2.45, 2.75) is 19.4 Å². The molecule has 1 fully saturated rings. The maximum absolute atomic E-state index is 12.7. The standard InChI is InChI=1S/C24H26N4O3/c1-31-24-20-7-3-2-5-17(20)13-21(27-24)23(30)26-19-10-8-16(9-11-19)14-28-12-4-6-18(15-28)22(25)29/h2-3,5,7-11,13,18H,4,6,12,14-15H2,1H3,(H2,25,29)(H,26,30). The number of fused-ring (bicyclic) bond motifs is 1. The summed E-state index contributed by atoms with van der Waals surface area (Å²) >= 11 is 0. The van der Waals surface area contributed by atoms with Gasteiger partial charge in [0.05, 0.1) is 13.0 Å². The normalized spacial score (nSPS) is 16.7. The van der Waals surface area contributed by atoms with Crippen LogP contribution in [-0.4, -0.2) is 41.9 Å². The maximum atomic E-state index is 12.7. The topological polar surface area (TPSA) is 97.6 Å². The number of hydrogen-bond donors (Lipinski definition) is 2. The molecule has 7 nitrogen and oxygen atoms in total. The van der Waals surface area contributed by atoms with Gasteiger partial charge in [-0.05, 0) is 54.6 Å². The summed E-state index contributed by atoms with van der Waals surface area (Å²) in [5, 5.41) is 4.65. The molecule has 0 radical (unpaired) electrons. The minimum absolute atomic E-state index is 0.0706. The number of amides is 2. The van der Waals surface area contributed by atoms with Gasteiger partial charge < -0.3 is 15.8 Å². The Morgan fingerprint density at radius 2 is 1.97 bits per heavy atom. The van der Waals surface area contributed by atoms with E-state index >= 15 is 0 Å². The van der Waals surface area contributed by atoms with E-state index in [2.05, 4.69) is 15.2 Å². The van der Waals surface area contributed by atoms with Crippen molar-refractivity contribution in [1.82, 2.24) is 9.88 Å². The zero-order chi connectivity index (χ0) is 21.8. The molecule has 2 amide bonds. The van der Waals surface area contributed by atoms with Crippen molar-refractivity contribution in [1.29, 1.82) is 0 Å². The minimum atomic E-state index is -0.294. The van der Waals surface area contributed by atoms with Crippen LogP contribution in [0.1, 0.15) is 28.9 Å². The van der Waals surface area contributed by atoms with Gasteiger partial charge in [0.1, 0.15) is 5.69 Å². The Labute approximate surface area is 181 Å². The molecule has 7 heteroatoms. The number of carbonyl (C=O) groups is 2. The molecule has 31 heavy (non-hydrogen) atoms. The van der Waals surface area contributed by atoms with Gasteiger partial charge in [-0.1, -0.05) is 30.3 Å². The molecule has 1 aliphatic rings. The molecule has 160 valence electrons. The van der Waals surface area contributed by atoms with Crippen LogP contribution in [0.3, 0.4) is 0 Å². The van der Waals surface area contributed by atoms with E-state index in [0.29, 0.717) is 23.8 Å². The van der Waals surface area contributed by atoms with Crippen LogP contribution in [0.5, 0.6) is 5.88 Å². The number of methoxy groups -OCH3 is 1. The van der Waals surface area contributed by atoms with Crippen molar-refractivity contribution in [3.05, 3.63) is 65.9 Å². The van der Waals surface area contributed by atoms with Crippen LogP contribution >= 0.6 is 0 Å². The lowest BCUT2D eigenvalue weighted by molar-refractivity contribution is -0.123. The lowest BCUT2D eigenvalue weighted by atomic mass is 9.97. The van der Waals surface area contributed by atoms with E-state index in [-0.39, 0.29) is 17.7 Å². The quantitative estimate of drug-likeness (QED) is 0.641. The molecule has 0 aliphatic carbocycles. The molecule has 1 atom stereocenters. The summed E-state index contributed by atoms with van der Waals surface area (Å²) in [6.07, 6.45) is 1.84. The molecule has 1 aliphatic heterocycles. The van der Waals surface area contributed by atoms with Gasteiger partial charge in [-0.25, -0.2) is 4.98 Å². The first kappa shape index (κ1) is 20.8. The zero-order valence-corrected chi connectivity index (χ0v) is 17.5. The number of aromatic nitrogens is 1. The number of pyridine rings is 1. The second kappa shape index (κ2) is 9.14. The molecule has 0 bridgehead atoms. The third-order valence-electron chi connectivity index (χ3n) is 5.66. The molecule has 3 N–H and O–H groups in total. The number of likely N-dealkylation sites (tertiary alicyclic amines) is 1. The van der Waals surface area contributed by atoms with E-state index in [1.165, 1.54) is 0 Å². The first-order chi connectivity index (χ1) is 15.0. The number of rotatable bonds is 6. The van der Waals surface area contributed by atoms with Crippen molar-refractivity contribution in [2.75, 3.05) is 25.5 Å². The van der Waals surface area contributed by atoms with Gasteiger partial charge >= 0.3 is 0 Å². The fourth-order valence-electron chi connectivity index (χ4n) is 4.02. The third-order valence-corrected chi connectivity index (χ3v) is 5.66. The van der Waals surface area contributed by atoms with Crippen LogP contribution in [0.25, 0.3) is 10.8 Å². The van der Waals surface area contributed by atoms with E-state index in [1.54, 1.807) is 13.2 Å². The van der Waals surface area contributed by atoms with E-state index in [4.69, 9.17) is 10.5 Å². The molecule has 1 aromatic heterocycles. The lowest BCUT2D eigenvalue weighted by Crippen LogP contribution is -2.40. The summed E-state index contributed by atoms with van der Waals surface area (Å²) in [5.41, 5.74) is 7.57. The molecule has 3 aromatic rings. The van der Waals surface area contributed by atoms with Gasteiger partial charge in [0, 0.05) is 24.2 Å². The summed E-state index contributed by atoms with van der Waals surface area (Å²) in [6.45, 7) is 2.41. The van der Waals surface area contributed by atoms with Gasteiger partial charge in [0.15, 0.2) is 0 Å². The number of nitrogens with zero attached hydrogens (tertiary/aromatic N) is 2. The predicted octanol–water partition coefficient (Wildman–Crippen LogP) is 3.19. The second-order valence-corrected chi connectivity index (χ2v) is 7.87. The fourth-order valence-corrected chi connectivity index (χ4v) is 4.02. The highest BCUT2D eigenvalue weighted by molar-refractivity contribution is 6.05.